The van der Waals surface area contributed by atoms with Gasteiger partial charge in [-0.1, -0.05) is 81.8 Å². The van der Waals surface area contributed by atoms with Crippen LogP contribution in [0.4, 0.5) is 5.69 Å². The number of nitrogens with zero attached hydrogens (tertiary/aromatic N) is 3. The van der Waals surface area contributed by atoms with Gasteiger partial charge in [0.15, 0.2) is 11.0 Å². The third kappa shape index (κ3) is 5.49. The SMILES string of the molecule is Cc1cccc(NC(=O)[C@@H](C)Sc2nnc(-c3ccc(C(C)(C)C)cc3)n2C2CCCC2)c1. The smallest absolute Gasteiger partial charge is 0.237 e. The van der Waals surface area contributed by atoms with Crippen molar-refractivity contribution >= 4 is 23.4 Å². The monoisotopic (exact) mass is 462 g/mol. The fourth-order valence-corrected chi connectivity index (χ4v) is 5.26. The summed E-state index contributed by atoms with van der Waals surface area (Å²) in [5.74, 6) is 0.874. The minimum absolute atomic E-state index is 0.0253. The molecule has 1 heterocycles. The summed E-state index contributed by atoms with van der Waals surface area (Å²) in [7, 11) is 0. The third-order valence-electron chi connectivity index (χ3n) is 6.30. The van der Waals surface area contributed by atoms with Crippen molar-refractivity contribution in [2.45, 2.75) is 82.2 Å². The molecule has 1 N–H and O–H groups in total. The van der Waals surface area contributed by atoms with Crippen LogP contribution < -0.4 is 5.32 Å². The summed E-state index contributed by atoms with van der Waals surface area (Å²) in [6.07, 6.45) is 4.70. The topological polar surface area (TPSA) is 59.8 Å². The maximum absolute atomic E-state index is 12.9. The van der Waals surface area contributed by atoms with Gasteiger partial charge in [0.05, 0.1) is 5.25 Å². The van der Waals surface area contributed by atoms with Crippen LogP contribution in [-0.4, -0.2) is 25.9 Å². The Morgan fingerprint density at radius 1 is 1.09 bits per heavy atom. The van der Waals surface area contributed by atoms with Gasteiger partial charge in [0.2, 0.25) is 5.91 Å². The molecular formula is C27H34N4OS. The van der Waals surface area contributed by atoms with E-state index in [2.05, 4.69) is 65.1 Å². The zero-order valence-corrected chi connectivity index (χ0v) is 21.1. The Bertz CT molecular complexity index is 1110. The van der Waals surface area contributed by atoms with Crippen molar-refractivity contribution in [3.8, 4) is 11.4 Å². The van der Waals surface area contributed by atoms with E-state index in [9.17, 15) is 4.79 Å². The Kier molecular flexibility index (Phi) is 6.94. The number of aryl methyl sites for hydroxylation is 1. The number of hydrogen-bond acceptors (Lipinski definition) is 4. The second-order valence-corrected chi connectivity index (χ2v) is 11.4. The number of carbonyl (C=O) groups is 1. The van der Waals surface area contributed by atoms with E-state index in [0.717, 1.165) is 40.6 Å². The van der Waals surface area contributed by atoms with Crippen LogP contribution in [0.1, 0.15) is 70.5 Å². The largest absolute Gasteiger partial charge is 0.325 e. The molecule has 1 aromatic heterocycles. The minimum atomic E-state index is -0.286. The summed E-state index contributed by atoms with van der Waals surface area (Å²) in [5, 5.41) is 12.7. The first-order valence-electron chi connectivity index (χ1n) is 11.8. The number of amides is 1. The fourth-order valence-electron chi connectivity index (χ4n) is 4.34. The summed E-state index contributed by atoms with van der Waals surface area (Å²) in [6.45, 7) is 10.6. The van der Waals surface area contributed by atoms with Crippen molar-refractivity contribution in [1.29, 1.82) is 0 Å². The molecule has 0 spiro atoms. The predicted molar refractivity (Wildman–Crippen MR) is 137 cm³/mol. The summed E-state index contributed by atoms with van der Waals surface area (Å²) in [5.41, 5.74) is 4.43. The molecule has 1 fully saturated rings. The third-order valence-corrected chi connectivity index (χ3v) is 7.36. The van der Waals surface area contributed by atoms with Gasteiger partial charge in [0, 0.05) is 17.3 Å². The van der Waals surface area contributed by atoms with Crippen LogP contribution in [-0.2, 0) is 10.2 Å². The molecule has 1 aliphatic carbocycles. The van der Waals surface area contributed by atoms with Crippen LogP contribution in [0.15, 0.2) is 53.7 Å². The number of carbonyl (C=O) groups excluding carboxylic acids is 1. The number of benzene rings is 2. The van der Waals surface area contributed by atoms with E-state index in [0.29, 0.717) is 6.04 Å². The first-order valence-corrected chi connectivity index (χ1v) is 12.7. The van der Waals surface area contributed by atoms with E-state index in [4.69, 9.17) is 0 Å². The highest BCUT2D eigenvalue weighted by atomic mass is 32.2. The Balaban J connectivity index is 1.58. The quantitative estimate of drug-likeness (QED) is 0.410. The molecule has 33 heavy (non-hydrogen) atoms. The van der Waals surface area contributed by atoms with Crippen LogP contribution in [0, 0.1) is 6.92 Å². The van der Waals surface area contributed by atoms with Gasteiger partial charge < -0.3 is 5.32 Å². The number of anilines is 1. The van der Waals surface area contributed by atoms with Crippen molar-refractivity contribution in [3.05, 3.63) is 59.7 Å². The molecule has 1 aliphatic rings. The molecule has 4 rings (SSSR count). The lowest BCUT2D eigenvalue weighted by Gasteiger charge is -2.20. The van der Waals surface area contributed by atoms with E-state index >= 15 is 0 Å². The Morgan fingerprint density at radius 3 is 2.42 bits per heavy atom. The van der Waals surface area contributed by atoms with Crippen LogP contribution in [0.3, 0.4) is 0 Å². The first-order chi connectivity index (χ1) is 15.7. The van der Waals surface area contributed by atoms with Crippen molar-refractivity contribution in [1.82, 2.24) is 14.8 Å². The zero-order chi connectivity index (χ0) is 23.6. The molecule has 1 amide bonds. The van der Waals surface area contributed by atoms with Gasteiger partial charge in [0.25, 0.3) is 0 Å². The normalized spacial score (nSPS) is 15.5. The molecule has 0 unspecified atom stereocenters. The lowest BCUT2D eigenvalue weighted by molar-refractivity contribution is -0.115. The van der Waals surface area contributed by atoms with Crippen molar-refractivity contribution in [2.24, 2.45) is 0 Å². The lowest BCUT2D eigenvalue weighted by Crippen LogP contribution is -2.23. The van der Waals surface area contributed by atoms with E-state index < -0.39 is 0 Å². The van der Waals surface area contributed by atoms with E-state index in [-0.39, 0.29) is 16.6 Å². The van der Waals surface area contributed by atoms with Crippen LogP contribution in [0.2, 0.25) is 0 Å². The molecular weight excluding hydrogens is 428 g/mol. The molecule has 174 valence electrons. The standard InChI is InChI=1S/C27H34N4OS/c1-18-9-8-10-22(17-18)28-25(32)19(2)33-26-30-29-24(31(26)23-11-6-7-12-23)20-13-15-21(16-14-20)27(3,4)5/h8-10,13-17,19,23H,6-7,11-12H2,1-5H3,(H,28,32)/t19-/m1/s1. The highest BCUT2D eigenvalue weighted by molar-refractivity contribution is 8.00. The number of rotatable bonds is 6. The fraction of sp³-hybridized carbons (Fsp3) is 0.444. The van der Waals surface area contributed by atoms with Crippen molar-refractivity contribution in [2.75, 3.05) is 5.32 Å². The van der Waals surface area contributed by atoms with Crippen LogP contribution in [0.5, 0.6) is 0 Å². The van der Waals surface area contributed by atoms with Gasteiger partial charge in [-0.05, 0) is 55.4 Å². The highest BCUT2D eigenvalue weighted by Gasteiger charge is 2.27. The molecule has 0 radical (unpaired) electrons. The number of hydrogen-bond donors (Lipinski definition) is 1. The molecule has 2 aromatic carbocycles. The van der Waals surface area contributed by atoms with Gasteiger partial charge in [-0.2, -0.15) is 0 Å². The Hall–Kier alpha value is -2.60. The number of thioether (sulfide) groups is 1. The van der Waals surface area contributed by atoms with Gasteiger partial charge in [0.1, 0.15) is 0 Å². The zero-order valence-electron chi connectivity index (χ0n) is 20.3. The second kappa shape index (κ2) is 9.72. The van der Waals surface area contributed by atoms with Gasteiger partial charge in [-0.3, -0.25) is 9.36 Å². The summed E-state index contributed by atoms with van der Waals surface area (Å²) >= 11 is 1.49. The number of aromatic nitrogens is 3. The molecule has 5 nitrogen and oxygen atoms in total. The Morgan fingerprint density at radius 2 is 1.79 bits per heavy atom. The molecule has 0 aliphatic heterocycles. The van der Waals surface area contributed by atoms with E-state index in [1.165, 1.54) is 30.2 Å². The predicted octanol–water partition coefficient (Wildman–Crippen LogP) is 6.79. The minimum Gasteiger partial charge on any atom is -0.325 e. The average Bonchev–Trinajstić information content (AvgIpc) is 3.43. The molecule has 0 saturated heterocycles. The lowest BCUT2D eigenvalue weighted by atomic mass is 9.86. The first kappa shape index (κ1) is 23.6. The second-order valence-electron chi connectivity index (χ2n) is 10.1. The molecule has 0 bridgehead atoms. The van der Waals surface area contributed by atoms with Crippen LogP contribution >= 0.6 is 11.8 Å². The Labute approximate surface area is 201 Å². The maximum atomic E-state index is 12.9. The summed E-state index contributed by atoms with van der Waals surface area (Å²) < 4.78 is 2.28. The van der Waals surface area contributed by atoms with Crippen LogP contribution in [0.25, 0.3) is 11.4 Å². The molecule has 1 saturated carbocycles. The van der Waals surface area contributed by atoms with E-state index in [1.54, 1.807) is 0 Å². The molecule has 3 aromatic rings. The summed E-state index contributed by atoms with van der Waals surface area (Å²) in [6, 6.07) is 16.9. The highest BCUT2D eigenvalue weighted by Crippen LogP contribution is 2.38. The number of nitrogens with one attached hydrogen (secondary N) is 1. The maximum Gasteiger partial charge on any atom is 0.237 e. The van der Waals surface area contributed by atoms with Gasteiger partial charge >= 0.3 is 0 Å². The average molecular weight is 463 g/mol. The van der Waals surface area contributed by atoms with Gasteiger partial charge in [-0.25, -0.2) is 0 Å². The summed E-state index contributed by atoms with van der Waals surface area (Å²) in [4.78, 5) is 12.9. The van der Waals surface area contributed by atoms with Gasteiger partial charge in [-0.15, -0.1) is 10.2 Å². The van der Waals surface area contributed by atoms with E-state index in [1.807, 2.05) is 38.1 Å². The molecule has 1 atom stereocenters. The van der Waals surface area contributed by atoms with Crippen molar-refractivity contribution < 1.29 is 4.79 Å². The van der Waals surface area contributed by atoms with Crippen molar-refractivity contribution in [3.63, 3.8) is 0 Å². The molecule has 6 heteroatoms.